The van der Waals surface area contributed by atoms with E-state index in [9.17, 15) is 4.79 Å². The van der Waals surface area contributed by atoms with E-state index < -0.39 is 13.2 Å². The summed E-state index contributed by atoms with van der Waals surface area (Å²) in [5, 5.41) is 20.4. The Kier molecular flexibility index (Phi) is 4.14. The molecule has 1 rings (SSSR count). The maximum atomic E-state index is 11.1. The summed E-state index contributed by atoms with van der Waals surface area (Å²) in [6, 6.07) is 6.39. The summed E-state index contributed by atoms with van der Waals surface area (Å²) in [5.74, 6) is 0. The van der Waals surface area contributed by atoms with Crippen molar-refractivity contribution >= 4 is 24.4 Å². The Balaban J connectivity index is 2.80. The van der Waals surface area contributed by atoms with E-state index in [2.05, 4.69) is 10.1 Å². The van der Waals surface area contributed by atoms with Gasteiger partial charge in [-0.1, -0.05) is 18.2 Å². The lowest BCUT2D eigenvalue weighted by molar-refractivity contribution is 0.168. The topological polar surface area (TPSA) is 78.8 Å². The smallest absolute Gasteiger partial charge is 0.450 e. The Hall–Kier alpha value is -1.53. The largest absolute Gasteiger partial charge is 0.490 e. The molecular weight excluding hydrogens is 197 g/mol. The Morgan fingerprint density at radius 1 is 1.47 bits per heavy atom. The minimum atomic E-state index is -1.62. The van der Waals surface area contributed by atoms with Gasteiger partial charge in [0.05, 0.1) is 6.61 Å². The summed E-state index contributed by atoms with van der Waals surface area (Å²) in [5.41, 5.74) is 0.552. The molecule has 0 atom stereocenters. The van der Waals surface area contributed by atoms with Gasteiger partial charge < -0.3 is 14.8 Å². The number of para-hydroxylation sites is 1. The number of rotatable bonds is 3. The third-order valence-corrected chi connectivity index (χ3v) is 1.75. The fraction of sp³-hybridized carbons (Fsp3) is 0.222. The van der Waals surface area contributed by atoms with Crippen LogP contribution in [0.1, 0.15) is 6.92 Å². The number of anilines is 1. The minimum Gasteiger partial charge on any atom is -0.450 e. The van der Waals surface area contributed by atoms with Crippen LogP contribution in [-0.4, -0.2) is 29.9 Å². The summed E-state index contributed by atoms with van der Waals surface area (Å²) >= 11 is 0. The van der Waals surface area contributed by atoms with Crippen molar-refractivity contribution in [2.75, 3.05) is 11.9 Å². The highest BCUT2D eigenvalue weighted by Crippen LogP contribution is 2.04. The van der Waals surface area contributed by atoms with E-state index in [-0.39, 0.29) is 12.1 Å². The maximum absolute atomic E-state index is 11.1. The minimum absolute atomic E-state index is 0.227. The maximum Gasteiger partial charge on any atom is 0.490 e. The summed E-state index contributed by atoms with van der Waals surface area (Å²) in [6.45, 7) is 1.95. The number of carbonyl (C=O) groups excluding carboxylic acids is 1. The van der Waals surface area contributed by atoms with Gasteiger partial charge in [0.15, 0.2) is 0 Å². The molecule has 0 fully saturated rings. The second-order valence-electron chi connectivity index (χ2n) is 2.81. The summed E-state index contributed by atoms with van der Waals surface area (Å²) in [7, 11) is -1.62. The van der Waals surface area contributed by atoms with Crippen LogP contribution in [0.2, 0.25) is 0 Å². The summed E-state index contributed by atoms with van der Waals surface area (Å²) in [6.07, 6.45) is -0.620. The normalized spacial score (nSPS) is 9.53. The van der Waals surface area contributed by atoms with Crippen molar-refractivity contribution < 1.29 is 19.6 Å². The zero-order chi connectivity index (χ0) is 11.3. The Labute approximate surface area is 87.8 Å². The van der Waals surface area contributed by atoms with E-state index in [1.165, 1.54) is 6.07 Å². The standard InChI is InChI=1S/C9H12BNO4/c1-2-15-9(12)11-8-6-4-3-5-7(8)10(13)14/h3-6,13-14H,2H2,1H3,(H,11,12). The van der Waals surface area contributed by atoms with E-state index in [1.54, 1.807) is 25.1 Å². The predicted octanol–water partition coefficient (Wildman–Crippen LogP) is -0.0652. The lowest BCUT2D eigenvalue weighted by atomic mass is 9.79. The second kappa shape index (κ2) is 5.38. The van der Waals surface area contributed by atoms with Crippen LogP contribution in [0.4, 0.5) is 10.5 Å². The van der Waals surface area contributed by atoms with E-state index >= 15 is 0 Å². The molecule has 3 N–H and O–H groups in total. The first-order valence-electron chi connectivity index (χ1n) is 4.54. The van der Waals surface area contributed by atoms with Crippen molar-refractivity contribution in [2.45, 2.75) is 6.92 Å². The first-order valence-corrected chi connectivity index (χ1v) is 4.54. The molecule has 0 aliphatic carbocycles. The van der Waals surface area contributed by atoms with Crippen LogP contribution in [0.3, 0.4) is 0 Å². The van der Waals surface area contributed by atoms with Crippen LogP contribution in [0.25, 0.3) is 0 Å². The molecule has 0 aliphatic rings. The molecule has 0 saturated heterocycles. The molecule has 0 heterocycles. The highest BCUT2D eigenvalue weighted by Gasteiger charge is 2.16. The van der Waals surface area contributed by atoms with Gasteiger partial charge in [-0.15, -0.1) is 0 Å². The molecular formula is C9H12BNO4. The Morgan fingerprint density at radius 3 is 2.73 bits per heavy atom. The molecule has 0 radical (unpaired) electrons. The van der Waals surface area contributed by atoms with Crippen molar-refractivity contribution in [3.63, 3.8) is 0 Å². The zero-order valence-electron chi connectivity index (χ0n) is 8.30. The van der Waals surface area contributed by atoms with Gasteiger partial charge in [0.25, 0.3) is 0 Å². The van der Waals surface area contributed by atoms with Crippen LogP contribution in [-0.2, 0) is 4.74 Å². The molecule has 6 heteroatoms. The third kappa shape index (κ3) is 3.27. The molecule has 1 amide bonds. The van der Waals surface area contributed by atoms with E-state index in [0.717, 1.165) is 0 Å². The van der Waals surface area contributed by atoms with Gasteiger partial charge in [-0.25, -0.2) is 4.79 Å². The van der Waals surface area contributed by atoms with Gasteiger partial charge in [0.1, 0.15) is 0 Å². The molecule has 0 aromatic heterocycles. The van der Waals surface area contributed by atoms with E-state index in [4.69, 9.17) is 10.0 Å². The first-order chi connectivity index (χ1) is 7.15. The number of ether oxygens (including phenoxy) is 1. The SMILES string of the molecule is CCOC(=O)Nc1ccccc1B(O)O. The molecule has 15 heavy (non-hydrogen) atoms. The number of hydrogen-bond donors (Lipinski definition) is 3. The molecule has 0 bridgehead atoms. The second-order valence-corrected chi connectivity index (χ2v) is 2.81. The molecule has 0 saturated carbocycles. The molecule has 5 nitrogen and oxygen atoms in total. The third-order valence-electron chi connectivity index (χ3n) is 1.75. The molecule has 0 aliphatic heterocycles. The lowest BCUT2D eigenvalue weighted by Crippen LogP contribution is -2.33. The van der Waals surface area contributed by atoms with Gasteiger partial charge in [-0.05, 0) is 13.0 Å². The first kappa shape index (κ1) is 11.5. The average Bonchev–Trinajstić information content (AvgIpc) is 2.18. The quantitative estimate of drug-likeness (QED) is 0.609. The van der Waals surface area contributed by atoms with Crippen molar-refractivity contribution in [3.8, 4) is 0 Å². The summed E-state index contributed by atoms with van der Waals surface area (Å²) < 4.78 is 4.67. The van der Waals surface area contributed by atoms with Crippen LogP contribution in [0.15, 0.2) is 24.3 Å². The van der Waals surface area contributed by atoms with Crippen molar-refractivity contribution in [3.05, 3.63) is 24.3 Å². The van der Waals surface area contributed by atoms with Crippen LogP contribution in [0.5, 0.6) is 0 Å². The number of carbonyl (C=O) groups is 1. The molecule has 1 aromatic carbocycles. The highest BCUT2D eigenvalue weighted by atomic mass is 16.5. The van der Waals surface area contributed by atoms with Gasteiger partial charge in [0, 0.05) is 11.2 Å². The molecule has 1 aromatic rings. The lowest BCUT2D eigenvalue weighted by Gasteiger charge is -2.09. The van der Waals surface area contributed by atoms with Gasteiger partial charge in [-0.2, -0.15) is 0 Å². The van der Waals surface area contributed by atoms with E-state index in [1.807, 2.05) is 0 Å². The van der Waals surface area contributed by atoms with Gasteiger partial charge in [0.2, 0.25) is 0 Å². The zero-order valence-corrected chi connectivity index (χ0v) is 8.30. The number of hydrogen-bond acceptors (Lipinski definition) is 4. The van der Waals surface area contributed by atoms with Crippen LogP contribution in [0, 0.1) is 0 Å². The fourth-order valence-electron chi connectivity index (χ4n) is 1.11. The molecule has 80 valence electrons. The van der Waals surface area contributed by atoms with Crippen LogP contribution < -0.4 is 10.8 Å². The summed E-state index contributed by atoms with van der Waals surface area (Å²) in [4.78, 5) is 11.1. The fourth-order valence-corrected chi connectivity index (χ4v) is 1.11. The van der Waals surface area contributed by atoms with Crippen molar-refractivity contribution in [1.82, 2.24) is 0 Å². The Morgan fingerprint density at radius 2 is 2.13 bits per heavy atom. The number of benzene rings is 1. The number of amides is 1. The predicted molar refractivity (Wildman–Crippen MR) is 56.9 cm³/mol. The molecule has 0 unspecified atom stereocenters. The average molecular weight is 209 g/mol. The highest BCUT2D eigenvalue weighted by molar-refractivity contribution is 6.60. The van der Waals surface area contributed by atoms with Gasteiger partial charge >= 0.3 is 13.2 Å². The van der Waals surface area contributed by atoms with Crippen molar-refractivity contribution in [1.29, 1.82) is 0 Å². The monoisotopic (exact) mass is 209 g/mol. The van der Waals surface area contributed by atoms with Gasteiger partial charge in [-0.3, -0.25) is 5.32 Å². The number of nitrogens with one attached hydrogen (secondary N) is 1. The van der Waals surface area contributed by atoms with E-state index in [0.29, 0.717) is 5.69 Å². The van der Waals surface area contributed by atoms with Crippen LogP contribution >= 0.6 is 0 Å². The van der Waals surface area contributed by atoms with Crippen molar-refractivity contribution in [2.24, 2.45) is 0 Å². The molecule has 0 spiro atoms. The Bertz CT molecular complexity index is 343.